The minimum absolute atomic E-state index is 0.270. The number of nitrogens with zero attached hydrogens (tertiary/aromatic N) is 1. The van der Waals surface area contributed by atoms with Gasteiger partial charge >= 0.3 is 0 Å². The SMILES string of the molecule is NC(=O)[C@@H](CN1CC(O)C1)c1ccc(Cl)cc1. The number of hydrogen-bond acceptors (Lipinski definition) is 3. The number of rotatable bonds is 4. The molecule has 1 aliphatic rings. The lowest BCUT2D eigenvalue weighted by Gasteiger charge is -2.37. The van der Waals surface area contributed by atoms with Crippen LogP contribution < -0.4 is 5.73 Å². The fraction of sp³-hybridized carbons (Fsp3) is 0.417. The lowest BCUT2D eigenvalue weighted by molar-refractivity contribution is -0.120. The maximum atomic E-state index is 11.4. The third kappa shape index (κ3) is 2.97. The molecule has 1 amide bonds. The zero-order valence-electron chi connectivity index (χ0n) is 9.34. The molecule has 0 aliphatic carbocycles. The zero-order chi connectivity index (χ0) is 12.4. The van der Waals surface area contributed by atoms with Gasteiger partial charge in [-0.05, 0) is 17.7 Å². The van der Waals surface area contributed by atoms with E-state index in [1.165, 1.54) is 0 Å². The first-order valence-corrected chi connectivity index (χ1v) is 5.89. The van der Waals surface area contributed by atoms with Crippen molar-refractivity contribution in [2.75, 3.05) is 19.6 Å². The van der Waals surface area contributed by atoms with Gasteiger partial charge in [-0.15, -0.1) is 0 Å². The van der Waals surface area contributed by atoms with Crippen molar-refractivity contribution in [3.8, 4) is 0 Å². The normalized spacial score (nSPS) is 18.7. The monoisotopic (exact) mass is 254 g/mol. The molecule has 0 radical (unpaired) electrons. The Hall–Kier alpha value is -1.10. The quantitative estimate of drug-likeness (QED) is 0.826. The van der Waals surface area contributed by atoms with Crippen molar-refractivity contribution in [2.24, 2.45) is 5.73 Å². The van der Waals surface area contributed by atoms with Gasteiger partial charge in [0.05, 0.1) is 12.0 Å². The van der Waals surface area contributed by atoms with Crippen molar-refractivity contribution in [3.63, 3.8) is 0 Å². The molecule has 0 aromatic heterocycles. The number of aliphatic hydroxyl groups is 1. The molecule has 1 heterocycles. The molecule has 1 aliphatic heterocycles. The standard InChI is InChI=1S/C12H15ClN2O2/c13-9-3-1-8(2-4-9)11(12(14)17)7-15-5-10(16)6-15/h1-4,10-11,16H,5-7H2,(H2,14,17)/t11-/m0/s1. The Balaban J connectivity index is 2.06. The molecular formula is C12H15ClN2O2. The molecule has 5 heteroatoms. The summed E-state index contributed by atoms with van der Waals surface area (Å²) in [5.74, 6) is -0.700. The Labute approximate surface area is 105 Å². The van der Waals surface area contributed by atoms with Crippen LogP contribution in [-0.4, -0.2) is 41.7 Å². The first kappa shape index (κ1) is 12.4. The van der Waals surface area contributed by atoms with Crippen LogP contribution in [-0.2, 0) is 4.79 Å². The molecule has 0 unspecified atom stereocenters. The van der Waals surface area contributed by atoms with Crippen molar-refractivity contribution in [3.05, 3.63) is 34.9 Å². The van der Waals surface area contributed by atoms with Crippen molar-refractivity contribution in [2.45, 2.75) is 12.0 Å². The molecule has 0 saturated carbocycles. The van der Waals surface area contributed by atoms with Gasteiger partial charge in [0.2, 0.25) is 5.91 Å². The average molecular weight is 255 g/mol. The third-order valence-electron chi connectivity index (χ3n) is 2.99. The van der Waals surface area contributed by atoms with E-state index in [0.29, 0.717) is 24.7 Å². The van der Waals surface area contributed by atoms with Gasteiger partial charge in [0.15, 0.2) is 0 Å². The second-order valence-corrected chi connectivity index (χ2v) is 4.82. The van der Waals surface area contributed by atoms with E-state index in [1.807, 2.05) is 17.0 Å². The molecule has 2 rings (SSSR count). The molecule has 1 aromatic rings. The van der Waals surface area contributed by atoms with Gasteiger partial charge < -0.3 is 10.8 Å². The summed E-state index contributed by atoms with van der Waals surface area (Å²) in [5.41, 5.74) is 6.27. The van der Waals surface area contributed by atoms with Gasteiger partial charge in [0, 0.05) is 24.7 Å². The van der Waals surface area contributed by atoms with Crippen LogP contribution in [0.25, 0.3) is 0 Å². The molecular weight excluding hydrogens is 240 g/mol. The fourth-order valence-corrected chi connectivity index (χ4v) is 2.13. The minimum Gasteiger partial charge on any atom is -0.390 e. The van der Waals surface area contributed by atoms with E-state index >= 15 is 0 Å². The third-order valence-corrected chi connectivity index (χ3v) is 3.25. The van der Waals surface area contributed by atoms with Crippen molar-refractivity contribution in [1.29, 1.82) is 0 Å². The number of likely N-dealkylation sites (tertiary alicyclic amines) is 1. The molecule has 1 fully saturated rings. The maximum absolute atomic E-state index is 11.4. The summed E-state index contributed by atoms with van der Waals surface area (Å²) >= 11 is 5.80. The number of aliphatic hydroxyl groups excluding tert-OH is 1. The van der Waals surface area contributed by atoms with E-state index in [9.17, 15) is 9.90 Å². The topological polar surface area (TPSA) is 66.6 Å². The number of benzene rings is 1. The second-order valence-electron chi connectivity index (χ2n) is 4.38. The predicted octanol–water partition coefficient (Wildman–Crippen LogP) is 0.585. The van der Waals surface area contributed by atoms with Crippen LogP contribution in [0.4, 0.5) is 0 Å². The van der Waals surface area contributed by atoms with Crippen LogP contribution in [0.3, 0.4) is 0 Å². The van der Waals surface area contributed by atoms with Gasteiger partial charge in [-0.3, -0.25) is 9.69 Å². The van der Waals surface area contributed by atoms with Crippen molar-refractivity contribution in [1.82, 2.24) is 4.90 Å². The Morgan fingerprint density at radius 2 is 2.06 bits per heavy atom. The van der Waals surface area contributed by atoms with Crippen molar-refractivity contribution >= 4 is 17.5 Å². The first-order valence-electron chi connectivity index (χ1n) is 5.51. The van der Waals surface area contributed by atoms with Gasteiger partial charge in [-0.25, -0.2) is 0 Å². The molecule has 3 N–H and O–H groups in total. The molecule has 92 valence electrons. The second kappa shape index (κ2) is 5.04. The molecule has 17 heavy (non-hydrogen) atoms. The van der Waals surface area contributed by atoms with Crippen LogP contribution in [0.1, 0.15) is 11.5 Å². The van der Waals surface area contributed by atoms with Crippen LogP contribution in [0.15, 0.2) is 24.3 Å². The fourth-order valence-electron chi connectivity index (χ4n) is 2.00. The molecule has 4 nitrogen and oxygen atoms in total. The van der Waals surface area contributed by atoms with Crippen LogP contribution >= 0.6 is 11.6 Å². The van der Waals surface area contributed by atoms with E-state index in [4.69, 9.17) is 17.3 Å². The smallest absolute Gasteiger partial charge is 0.226 e. The number of carbonyl (C=O) groups excluding carboxylic acids is 1. The lowest BCUT2D eigenvalue weighted by Crippen LogP contribution is -2.52. The number of carbonyl (C=O) groups is 1. The zero-order valence-corrected chi connectivity index (χ0v) is 10.1. The molecule has 0 bridgehead atoms. The summed E-state index contributed by atoms with van der Waals surface area (Å²) in [6.07, 6.45) is -0.270. The Morgan fingerprint density at radius 3 is 2.53 bits per heavy atom. The summed E-state index contributed by atoms with van der Waals surface area (Å²) in [5, 5.41) is 9.84. The first-order chi connectivity index (χ1) is 8.06. The van der Waals surface area contributed by atoms with Crippen LogP contribution in [0.2, 0.25) is 5.02 Å². The Morgan fingerprint density at radius 1 is 1.47 bits per heavy atom. The molecule has 1 atom stereocenters. The number of halogens is 1. The largest absolute Gasteiger partial charge is 0.390 e. The highest BCUT2D eigenvalue weighted by molar-refractivity contribution is 6.30. The van der Waals surface area contributed by atoms with Gasteiger partial charge in [-0.2, -0.15) is 0 Å². The van der Waals surface area contributed by atoms with E-state index in [1.54, 1.807) is 12.1 Å². The van der Waals surface area contributed by atoms with E-state index < -0.39 is 0 Å². The summed E-state index contributed by atoms with van der Waals surface area (Å²) < 4.78 is 0. The highest BCUT2D eigenvalue weighted by atomic mass is 35.5. The maximum Gasteiger partial charge on any atom is 0.226 e. The lowest BCUT2D eigenvalue weighted by atomic mass is 9.96. The van der Waals surface area contributed by atoms with Crippen LogP contribution in [0, 0.1) is 0 Å². The molecule has 0 spiro atoms. The summed E-state index contributed by atoms with van der Waals surface area (Å²) in [6, 6.07) is 7.12. The Bertz CT molecular complexity index is 401. The molecule has 1 saturated heterocycles. The molecule has 1 aromatic carbocycles. The number of nitrogens with two attached hydrogens (primary N) is 1. The highest BCUT2D eigenvalue weighted by Crippen LogP contribution is 2.21. The Kier molecular flexibility index (Phi) is 3.66. The minimum atomic E-state index is -0.353. The van der Waals surface area contributed by atoms with E-state index in [0.717, 1.165) is 5.56 Å². The summed E-state index contributed by atoms with van der Waals surface area (Å²) in [6.45, 7) is 1.77. The van der Waals surface area contributed by atoms with Gasteiger partial charge in [0.25, 0.3) is 0 Å². The van der Waals surface area contributed by atoms with Crippen LogP contribution in [0.5, 0.6) is 0 Å². The van der Waals surface area contributed by atoms with Gasteiger partial charge in [-0.1, -0.05) is 23.7 Å². The van der Waals surface area contributed by atoms with E-state index in [-0.39, 0.29) is 17.9 Å². The number of hydrogen-bond donors (Lipinski definition) is 2. The highest BCUT2D eigenvalue weighted by Gasteiger charge is 2.29. The summed E-state index contributed by atoms with van der Waals surface area (Å²) in [4.78, 5) is 13.5. The van der Waals surface area contributed by atoms with E-state index in [2.05, 4.69) is 0 Å². The van der Waals surface area contributed by atoms with Crippen molar-refractivity contribution < 1.29 is 9.90 Å². The number of amides is 1. The summed E-state index contributed by atoms with van der Waals surface area (Å²) in [7, 11) is 0. The van der Waals surface area contributed by atoms with Gasteiger partial charge in [0.1, 0.15) is 0 Å². The number of primary amides is 1. The number of β-amino-alcohol motifs (C(OH)–C–C–N with tert-alkyl or cyclic N) is 1. The predicted molar refractivity (Wildman–Crippen MR) is 65.8 cm³/mol. The average Bonchev–Trinajstić information content (AvgIpc) is 2.24.